The number of benzene rings is 1. The van der Waals surface area contributed by atoms with Crippen LogP contribution in [0.3, 0.4) is 0 Å². The van der Waals surface area contributed by atoms with Crippen LogP contribution in [0.2, 0.25) is 5.02 Å². The molecule has 0 aliphatic carbocycles. The normalized spacial score (nSPS) is 14.2. The highest BCUT2D eigenvalue weighted by Crippen LogP contribution is 2.23. The Bertz CT molecular complexity index is 1340. The summed E-state index contributed by atoms with van der Waals surface area (Å²) in [6.07, 6.45) is 8.24. The summed E-state index contributed by atoms with van der Waals surface area (Å²) in [5.74, 6) is 0.512. The van der Waals surface area contributed by atoms with Gasteiger partial charge in [-0.1, -0.05) is 17.7 Å². The van der Waals surface area contributed by atoms with Gasteiger partial charge in [-0.3, -0.25) is 14.3 Å². The van der Waals surface area contributed by atoms with Crippen LogP contribution >= 0.6 is 11.6 Å². The van der Waals surface area contributed by atoms with Gasteiger partial charge < -0.3 is 14.2 Å². The van der Waals surface area contributed by atoms with Gasteiger partial charge in [-0.15, -0.1) is 0 Å². The van der Waals surface area contributed by atoms with Gasteiger partial charge in [-0.25, -0.2) is 0 Å². The molecule has 34 heavy (non-hydrogen) atoms. The van der Waals surface area contributed by atoms with Gasteiger partial charge in [0, 0.05) is 31.2 Å². The number of pyridine rings is 2. The van der Waals surface area contributed by atoms with E-state index in [1.807, 2.05) is 6.07 Å². The summed E-state index contributed by atoms with van der Waals surface area (Å²) >= 11 is 5.87. The summed E-state index contributed by atoms with van der Waals surface area (Å²) in [4.78, 5) is 19.6. The average molecular weight is 477 g/mol. The lowest BCUT2D eigenvalue weighted by atomic mass is 10.2. The van der Waals surface area contributed by atoms with E-state index in [2.05, 4.69) is 39.7 Å². The van der Waals surface area contributed by atoms with Crippen molar-refractivity contribution in [3.63, 3.8) is 0 Å². The van der Waals surface area contributed by atoms with Crippen molar-refractivity contribution in [1.29, 1.82) is 0 Å². The number of halogens is 1. The third-order valence-corrected chi connectivity index (χ3v) is 6.80. The van der Waals surface area contributed by atoms with Gasteiger partial charge in [0.15, 0.2) is 0 Å². The van der Waals surface area contributed by atoms with Gasteiger partial charge in [0.25, 0.3) is 5.56 Å². The second kappa shape index (κ2) is 10.0. The zero-order chi connectivity index (χ0) is 23.5. The van der Waals surface area contributed by atoms with Crippen LogP contribution in [0, 0.1) is 0 Å². The first-order valence-corrected chi connectivity index (χ1v) is 12.2. The van der Waals surface area contributed by atoms with Gasteiger partial charge in [-0.2, -0.15) is 0 Å². The Morgan fingerprint density at radius 2 is 1.91 bits per heavy atom. The van der Waals surface area contributed by atoms with Crippen molar-refractivity contribution < 1.29 is 4.74 Å². The van der Waals surface area contributed by atoms with Crippen LogP contribution in [0.1, 0.15) is 30.7 Å². The molecule has 0 radical (unpaired) electrons. The lowest BCUT2D eigenvalue weighted by Crippen LogP contribution is -2.20. The molecule has 0 spiro atoms. The maximum atomic E-state index is 12.8. The van der Waals surface area contributed by atoms with Gasteiger partial charge in [0.1, 0.15) is 12.4 Å². The molecule has 0 unspecified atom stereocenters. The monoisotopic (exact) mass is 476 g/mol. The van der Waals surface area contributed by atoms with E-state index in [0.717, 1.165) is 23.3 Å². The lowest BCUT2D eigenvalue weighted by Gasteiger charge is -2.14. The predicted molar refractivity (Wildman–Crippen MR) is 136 cm³/mol. The molecule has 3 aromatic heterocycles. The SMILES string of the molecule is Cn1c(CCCN2CCCC2)cc2ccc(-n3ccc(OCc4ccc(Cl)cn4)cc3=O)cc21. The summed E-state index contributed by atoms with van der Waals surface area (Å²) in [6.45, 7) is 3.94. The highest BCUT2D eigenvalue weighted by atomic mass is 35.5. The van der Waals surface area contributed by atoms with Crippen LogP contribution in [0.4, 0.5) is 0 Å². The van der Waals surface area contributed by atoms with Crippen LogP contribution in [0.15, 0.2) is 65.7 Å². The first-order chi connectivity index (χ1) is 16.6. The van der Waals surface area contributed by atoms with Crippen molar-refractivity contribution in [1.82, 2.24) is 19.0 Å². The van der Waals surface area contributed by atoms with Crippen LogP contribution in [0.25, 0.3) is 16.6 Å². The van der Waals surface area contributed by atoms with Crippen LogP contribution < -0.4 is 10.3 Å². The van der Waals surface area contributed by atoms with Crippen molar-refractivity contribution in [2.45, 2.75) is 32.3 Å². The van der Waals surface area contributed by atoms with Crippen molar-refractivity contribution >= 4 is 22.5 Å². The van der Waals surface area contributed by atoms with E-state index in [1.54, 1.807) is 35.2 Å². The molecule has 0 amide bonds. The van der Waals surface area contributed by atoms with Crippen LogP contribution in [-0.4, -0.2) is 38.7 Å². The molecule has 1 aliphatic rings. The molecule has 4 heterocycles. The molecule has 5 rings (SSSR count). The molecule has 0 saturated carbocycles. The summed E-state index contributed by atoms with van der Waals surface area (Å²) in [7, 11) is 2.11. The van der Waals surface area contributed by atoms with Crippen molar-refractivity contribution in [3.8, 4) is 11.4 Å². The molecule has 1 fully saturated rings. The number of aromatic nitrogens is 3. The van der Waals surface area contributed by atoms with Crippen LogP contribution in [-0.2, 0) is 20.1 Å². The minimum absolute atomic E-state index is 0.138. The molecule has 1 aliphatic heterocycles. The summed E-state index contributed by atoms with van der Waals surface area (Å²) in [6, 6.07) is 15.3. The summed E-state index contributed by atoms with van der Waals surface area (Å²) < 4.78 is 9.64. The Kier molecular flexibility index (Phi) is 6.70. The summed E-state index contributed by atoms with van der Waals surface area (Å²) in [5, 5.41) is 1.78. The van der Waals surface area contributed by atoms with Gasteiger partial charge in [-0.05, 0) is 87.1 Å². The van der Waals surface area contributed by atoms with Crippen molar-refractivity contribution in [2.24, 2.45) is 7.05 Å². The maximum absolute atomic E-state index is 12.8. The molecule has 1 saturated heterocycles. The topological polar surface area (TPSA) is 52.3 Å². The van der Waals surface area contributed by atoms with E-state index < -0.39 is 0 Å². The van der Waals surface area contributed by atoms with Gasteiger partial charge in [0.05, 0.1) is 21.9 Å². The van der Waals surface area contributed by atoms with E-state index in [4.69, 9.17) is 16.3 Å². The maximum Gasteiger partial charge on any atom is 0.258 e. The zero-order valence-corrected chi connectivity index (χ0v) is 20.2. The molecule has 1 aromatic carbocycles. The Morgan fingerprint density at radius 1 is 1.06 bits per heavy atom. The number of ether oxygens (including phenoxy) is 1. The molecule has 176 valence electrons. The van der Waals surface area contributed by atoms with Gasteiger partial charge >= 0.3 is 0 Å². The molecular formula is C27H29ClN4O2. The second-order valence-electron chi connectivity index (χ2n) is 8.92. The molecular weight excluding hydrogens is 448 g/mol. The smallest absolute Gasteiger partial charge is 0.258 e. The third-order valence-electron chi connectivity index (χ3n) is 6.58. The number of fused-ring (bicyclic) bond motifs is 1. The molecule has 0 bridgehead atoms. The van der Waals surface area contributed by atoms with Crippen molar-refractivity contribution in [2.75, 3.05) is 19.6 Å². The average Bonchev–Trinajstić information content (AvgIpc) is 3.47. The minimum atomic E-state index is -0.138. The van der Waals surface area contributed by atoms with Crippen molar-refractivity contribution in [3.05, 3.63) is 87.7 Å². The van der Waals surface area contributed by atoms with E-state index in [0.29, 0.717) is 10.8 Å². The minimum Gasteiger partial charge on any atom is -0.487 e. The van der Waals surface area contributed by atoms with E-state index in [9.17, 15) is 4.79 Å². The number of likely N-dealkylation sites (tertiary alicyclic amines) is 1. The molecule has 7 heteroatoms. The number of aryl methyl sites for hydroxylation is 2. The highest BCUT2D eigenvalue weighted by molar-refractivity contribution is 6.30. The largest absolute Gasteiger partial charge is 0.487 e. The quantitative estimate of drug-likeness (QED) is 0.359. The second-order valence-corrected chi connectivity index (χ2v) is 9.35. The standard InChI is InChI=1S/C27H29ClN4O2/c1-30-23(5-4-13-31-11-2-3-12-31)15-20-6-9-24(16-26(20)30)32-14-10-25(17-27(32)33)34-19-22-8-7-21(28)18-29-22/h6-10,14-18H,2-5,11-13,19H2,1H3. The van der Waals surface area contributed by atoms with E-state index in [1.165, 1.54) is 56.0 Å². The first kappa shape index (κ1) is 22.7. The molecule has 0 atom stereocenters. The number of rotatable bonds is 8. The summed E-state index contributed by atoms with van der Waals surface area (Å²) in [5.41, 5.74) is 3.92. The predicted octanol–water partition coefficient (Wildman–Crippen LogP) is 4.99. The number of nitrogens with zero attached hydrogens (tertiary/aromatic N) is 4. The Balaban J connectivity index is 1.29. The fraction of sp³-hybridized carbons (Fsp3) is 0.333. The molecule has 4 aromatic rings. The van der Waals surface area contributed by atoms with Gasteiger partial charge in [0.2, 0.25) is 0 Å². The van der Waals surface area contributed by atoms with E-state index >= 15 is 0 Å². The Morgan fingerprint density at radius 3 is 2.68 bits per heavy atom. The Labute approximate surface area is 204 Å². The number of hydrogen-bond donors (Lipinski definition) is 0. The first-order valence-electron chi connectivity index (χ1n) is 11.8. The molecule has 6 nitrogen and oxygen atoms in total. The molecule has 0 N–H and O–H groups in total. The zero-order valence-electron chi connectivity index (χ0n) is 19.4. The van der Waals surface area contributed by atoms with Crippen LogP contribution in [0.5, 0.6) is 5.75 Å². The van der Waals surface area contributed by atoms with E-state index in [-0.39, 0.29) is 12.2 Å². The fourth-order valence-electron chi connectivity index (χ4n) is 4.67. The Hall–Kier alpha value is -3.09. The highest BCUT2D eigenvalue weighted by Gasteiger charge is 2.12. The lowest BCUT2D eigenvalue weighted by molar-refractivity contribution is 0.300. The number of hydrogen-bond acceptors (Lipinski definition) is 4. The third kappa shape index (κ3) is 5.03. The fourth-order valence-corrected chi connectivity index (χ4v) is 4.78.